The topological polar surface area (TPSA) is 165 Å². The van der Waals surface area contributed by atoms with Crippen LogP contribution in [-0.2, 0) is 19.2 Å². The van der Waals surface area contributed by atoms with Gasteiger partial charge in [-0.25, -0.2) is 0 Å². The zero-order valence-electron chi connectivity index (χ0n) is 28.0. The Morgan fingerprint density at radius 1 is 0.488 bits per heavy atom. The van der Waals surface area contributed by atoms with E-state index >= 15 is 0 Å². The molecule has 0 spiro atoms. The fourth-order valence-electron chi connectivity index (χ4n) is 5.03. The fourth-order valence-corrected chi connectivity index (χ4v) is 5.03. The van der Waals surface area contributed by atoms with Gasteiger partial charge in [0.2, 0.25) is 17.7 Å². The van der Waals surface area contributed by atoms with E-state index in [1.807, 2.05) is 21.1 Å². The molecule has 4 atom stereocenters. The largest absolute Gasteiger partial charge is 0.355 e. The molecule has 0 heterocycles. The Morgan fingerprint density at radius 2 is 0.907 bits per heavy atom. The average molecular weight is 613 g/mol. The summed E-state index contributed by atoms with van der Waals surface area (Å²) in [4.78, 5) is 51.0. The molecule has 0 saturated heterocycles. The average Bonchev–Trinajstić information content (AvgIpc) is 2.98. The molecule has 0 aromatic rings. The van der Waals surface area contributed by atoms with E-state index in [2.05, 4.69) is 42.5 Å². The van der Waals surface area contributed by atoms with Gasteiger partial charge >= 0.3 is 0 Å². The summed E-state index contributed by atoms with van der Waals surface area (Å²) in [6.45, 7) is 4.73. The molecule has 0 aromatic carbocycles. The summed E-state index contributed by atoms with van der Waals surface area (Å²) in [6, 6.07) is -1.57. The van der Waals surface area contributed by atoms with Gasteiger partial charge in [-0.05, 0) is 126 Å². The van der Waals surface area contributed by atoms with Crippen molar-refractivity contribution in [2.24, 2.45) is 0 Å². The maximum atomic E-state index is 13.4. The highest BCUT2D eigenvalue weighted by Gasteiger charge is 2.26. The summed E-state index contributed by atoms with van der Waals surface area (Å²) < 4.78 is 0. The van der Waals surface area contributed by atoms with Crippen molar-refractivity contribution in [2.75, 3.05) is 61.4 Å². The van der Waals surface area contributed by atoms with Gasteiger partial charge in [-0.15, -0.1) is 0 Å². The number of Topliss-reactive ketones (excluding diaryl/α,β-unsaturated/α-hetero) is 1. The highest BCUT2D eigenvalue weighted by Crippen LogP contribution is 2.10. The van der Waals surface area contributed by atoms with Crippen molar-refractivity contribution in [3.05, 3.63) is 0 Å². The highest BCUT2D eigenvalue weighted by atomic mass is 16.2. The Kier molecular flexibility index (Phi) is 26.1. The van der Waals surface area contributed by atoms with Crippen molar-refractivity contribution in [1.29, 1.82) is 0 Å². The number of carbonyl (C=O) groups is 4. The van der Waals surface area contributed by atoms with Crippen molar-refractivity contribution < 1.29 is 19.2 Å². The first-order valence-electron chi connectivity index (χ1n) is 16.4. The van der Waals surface area contributed by atoms with Crippen LogP contribution in [0, 0.1) is 0 Å². The van der Waals surface area contributed by atoms with Crippen LogP contribution in [0.1, 0.15) is 90.4 Å². The van der Waals surface area contributed by atoms with E-state index in [-0.39, 0.29) is 48.1 Å². The molecule has 4 unspecified atom stereocenters. The maximum Gasteiger partial charge on any atom is 0.242 e. The van der Waals surface area contributed by atoms with Gasteiger partial charge < -0.3 is 42.5 Å². The van der Waals surface area contributed by atoms with E-state index in [9.17, 15) is 19.2 Å². The Bertz CT molecular complexity index is 755. The predicted molar refractivity (Wildman–Crippen MR) is 175 cm³/mol. The summed E-state index contributed by atoms with van der Waals surface area (Å²) in [5.74, 6) is -0.432. The Labute approximate surface area is 261 Å². The van der Waals surface area contributed by atoms with Gasteiger partial charge in [0.1, 0.15) is 11.8 Å². The van der Waals surface area contributed by atoms with Crippen LogP contribution in [0.3, 0.4) is 0 Å². The van der Waals surface area contributed by atoms with Gasteiger partial charge in [-0.2, -0.15) is 0 Å². The van der Waals surface area contributed by atoms with Crippen LogP contribution >= 0.6 is 0 Å². The SMILES string of the molecule is CNCCCCC(NC)C(=O)NCCCCC(CC(C)=O)NC(=O)C(CCCCNC)NC(=O)C(CCCCNC)NC. The Morgan fingerprint density at radius 3 is 1.37 bits per heavy atom. The lowest BCUT2D eigenvalue weighted by molar-refractivity contribution is -0.131. The molecule has 252 valence electrons. The van der Waals surface area contributed by atoms with Gasteiger partial charge in [-0.1, -0.05) is 12.8 Å². The summed E-state index contributed by atoms with van der Waals surface area (Å²) in [5, 5.41) is 24.6. The fraction of sp³-hybridized carbons (Fsp3) is 0.871. The van der Waals surface area contributed by atoms with Crippen LogP contribution in [0.5, 0.6) is 0 Å². The van der Waals surface area contributed by atoms with E-state index in [1.54, 1.807) is 14.1 Å². The lowest BCUT2D eigenvalue weighted by Crippen LogP contribution is -2.54. The predicted octanol–water partition coefficient (Wildman–Crippen LogP) is 0.567. The second kappa shape index (κ2) is 27.4. The van der Waals surface area contributed by atoms with Gasteiger partial charge in [0.05, 0.1) is 12.1 Å². The molecule has 0 aliphatic heterocycles. The van der Waals surface area contributed by atoms with Crippen LogP contribution in [0.25, 0.3) is 0 Å². The monoisotopic (exact) mass is 613 g/mol. The first-order valence-corrected chi connectivity index (χ1v) is 16.4. The quantitative estimate of drug-likeness (QED) is 0.0564. The standard InChI is InChI=1S/C31H64N8O4/c1-24(40)23-25(15-7-14-22-37-29(41)26(35-5)16-8-11-19-32-2)38-31(43)28(18-10-13-21-34-4)39-30(42)27(36-6)17-9-12-20-33-3/h25-28,32-36H,7-23H2,1-6H3,(H,37,41)(H,38,43)(H,39,42). The molecule has 12 heteroatoms. The summed E-state index contributed by atoms with van der Waals surface area (Å²) in [7, 11) is 9.29. The summed E-state index contributed by atoms with van der Waals surface area (Å²) in [6.07, 6.45) is 9.88. The van der Waals surface area contributed by atoms with E-state index < -0.39 is 6.04 Å². The van der Waals surface area contributed by atoms with Crippen LogP contribution in [0.4, 0.5) is 0 Å². The molecule has 0 bridgehead atoms. The Hall–Kier alpha value is -2.12. The van der Waals surface area contributed by atoms with Crippen molar-refractivity contribution in [3.63, 3.8) is 0 Å². The van der Waals surface area contributed by atoms with E-state index in [0.29, 0.717) is 25.8 Å². The van der Waals surface area contributed by atoms with Crippen molar-refractivity contribution in [2.45, 2.75) is 115 Å². The smallest absolute Gasteiger partial charge is 0.242 e. The van der Waals surface area contributed by atoms with Gasteiger partial charge in [0.25, 0.3) is 0 Å². The first kappa shape index (κ1) is 40.9. The maximum absolute atomic E-state index is 13.4. The molecule has 0 aliphatic rings. The molecule has 0 radical (unpaired) electrons. The van der Waals surface area contributed by atoms with Crippen molar-refractivity contribution in [3.8, 4) is 0 Å². The van der Waals surface area contributed by atoms with E-state index in [4.69, 9.17) is 0 Å². The molecule has 0 fully saturated rings. The lowest BCUT2D eigenvalue weighted by Gasteiger charge is -2.25. The number of amides is 3. The Balaban J connectivity index is 5.02. The minimum atomic E-state index is -0.669. The second-order valence-corrected chi connectivity index (χ2v) is 11.4. The summed E-state index contributed by atoms with van der Waals surface area (Å²) >= 11 is 0. The molecular weight excluding hydrogens is 548 g/mol. The molecule has 12 nitrogen and oxygen atoms in total. The first-order chi connectivity index (χ1) is 20.7. The van der Waals surface area contributed by atoms with Crippen LogP contribution < -0.4 is 42.5 Å². The van der Waals surface area contributed by atoms with Crippen LogP contribution in [0.15, 0.2) is 0 Å². The number of hydrogen-bond acceptors (Lipinski definition) is 9. The zero-order chi connectivity index (χ0) is 32.3. The number of rotatable bonds is 29. The normalized spacial score (nSPS) is 14.0. The molecule has 8 N–H and O–H groups in total. The minimum absolute atomic E-state index is 0.000148. The molecule has 3 amide bonds. The second-order valence-electron chi connectivity index (χ2n) is 11.4. The summed E-state index contributed by atoms with van der Waals surface area (Å²) in [5.41, 5.74) is 0. The van der Waals surface area contributed by atoms with Crippen molar-refractivity contribution >= 4 is 23.5 Å². The molecule has 0 rings (SSSR count). The van der Waals surface area contributed by atoms with Gasteiger partial charge in [0, 0.05) is 19.0 Å². The van der Waals surface area contributed by atoms with E-state index in [1.165, 1.54) is 6.92 Å². The van der Waals surface area contributed by atoms with Crippen molar-refractivity contribution in [1.82, 2.24) is 42.5 Å². The third-order valence-corrected chi connectivity index (χ3v) is 7.63. The lowest BCUT2D eigenvalue weighted by atomic mass is 10.0. The molecular formula is C31H64N8O4. The highest BCUT2D eigenvalue weighted by molar-refractivity contribution is 5.90. The number of carbonyl (C=O) groups excluding carboxylic acids is 4. The molecule has 43 heavy (non-hydrogen) atoms. The number of ketones is 1. The van der Waals surface area contributed by atoms with Crippen LogP contribution in [-0.4, -0.2) is 109 Å². The number of unbranched alkanes of at least 4 members (excludes halogenated alkanes) is 4. The molecule has 0 saturated carbocycles. The molecule has 0 aliphatic carbocycles. The van der Waals surface area contributed by atoms with Gasteiger partial charge in [-0.3, -0.25) is 19.2 Å². The number of nitrogens with one attached hydrogen (secondary N) is 8. The van der Waals surface area contributed by atoms with Crippen LogP contribution in [0.2, 0.25) is 0 Å². The zero-order valence-corrected chi connectivity index (χ0v) is 28.0. The van der Waals surface area contributed by atoms with Gasteiger partial charge in [0.15, 0.2) is 0 Å². The van der Waals surface area contributed by atoms with E-state index in [0.717, 1.165) is 77.4 Å². The molecule has 0 aromatic heterocycles. The number of likely N-dealkylation sites (N-methyl/N-ethyl adjacent to an activating group) is 2. The minimum Gasteiger partial charge on any atom is -0.355 e. The third kappa shape index (κ3) is 21.3. The number of hydrogen-bond donors (Lipinski definition) is 8. The third-order valence-electron chi connectivity index (χ3n) is 7.63.